The van der Waals surface area contributed by atoms with Crippen LogP contribution in [0.5, 0.6) is 11.5 Å². The zero-order valence-corrected chi connectivity index (χ0v) is 27.7. The van der Waals surface area contributed by atoms with E-state index in [4.69, 9.17) is 9.47 Å². The van der Waals surface area contributed by atoms with Gasteiger partial charge in [0, 0.05) is 25.6 Å². The van der Waals surface area contributed by atoms with Gasteiger partial charge in [-0.15, -0.1) is 0 Å². The first-order valence-corrected chi connectivity index (χ1v) is 16.5. The van der Waals surface area contributed by atoms with E-state index in [1.54, 1.807) is 24.3 Å². The van der Waals surface area contributed by atoms with Crippen LogP contribution in [-0.2, 0) is 32.6 Å². The lowest BCUT2D eigenvalue weighted by atomic mass is 10.0. The molecule has 1 atom stereocenters. The summed E-state index contributed by atoms with van der Waals surface area (Å²) in [7, 11) is -1.41. The number of carbonyl (C=O) groups is 2. The molecule has 10 heteroatoms. The average Bonchev–Trinajstić information content (AvgIpc) is 3.06. The maximum atomic E-state index is 14.5. The maximum Gasteiger partial charge on any atom is 0.264 e. The van der Waals surface area contributed by atoms with E-state index in [0.717, 1.165) is 26.6 Å². The summed E-state index contributed by atoms with van der Waals surface area (Å²) in [4.78, 5) is 29.5. The highest BCUT2D eigenvalue weighted by molar-refractivity contribution is 7.92. The van der Waals surface area contributed by atoms with Gasteiger partial charge in [0.15, 0.2) is 11.5 Å². The Balaban J connectivity index is 1.81. The Hall–Kier alpha value is -4.83. The fourth-order valence-electron chi connectivity index (χ4n) is 5.08. The predicted octanol–water partition coefficient (Wildman–Crippen LogP) is 5.29. The molecule has 4 aromatic rings. The molecule has 0 radical (unpaired) electrons. The Labute approximate surface area is 271 Å². The molecule has 0 spiro atoms. The lowest BCUT2D eigenvalue weighted by molar-refractivity contribution is -0.140. The van der Waals surface area contributed by atoms with Gasteiger partial charge in [-0.1, -0.05) is 77.9 Å². The Bertz CT molecular complexity index is 1730. The molecule has 0 bridgehead atoms. The summed E-state index contributed by atoms with van der Waals surface area (Å²) in [5, 5.41) is 2.88. The summed E-state index contributed by atoms with van der Waals surface area (Å²) in [6.07, 6.45) is 0.247. The van der Waals surface area contributed by atoms with Crippen LogP contribution >= 0.6 is 0 Å². The molecule has 0 aliphatic rings. The largest absolute Gasteiger partial charge is 0.493 e. The van der Waals surface area contributed by atoms with E-state index in [1.165, 1.54) is 37.3 Å². The molecule has 0 aromatic heterocycles. The molecule has 242 valence electrons. The number of amides is 2. The molecule has 2 amide bonds. The number of likely N-dealkylation sites (N-methyl/N-ethyl adjacent to an activating group) is 1. The van der Waals surface area contributed by atoms with Gasteiger partial charge < -0.3 is 19.7 Å². The summed E-state index contributed by atoms with van der Waals surface area (Å²) >= 11 is 0. The number of hydrogen-bond acceptors (Lipinski definition) is 6. The van der Waals surface area contributed by atoms with Crippen molar-refractivity contribution in [2.24, 2.45) is 0 Å². The van der Waals surface area contributed by atoms with Gasteiger partial charge in [-0.2, -0.15) is 0 Å². The van der Waals surface area contributed by atoms with Crippen LogP contribution in [0, 0.1) is 13.8 Å². The third-order valence-corrected chi connectivity index (χ3v) is 9.41. The van der Waals surface area contributed by atoms with Crippen molar-refractivity contribution in [3.05, 3.63) is 119 Å². The first-order chi connectivity index (χ1) is 22.1. The number of anilines is 1. The molecule has 0 fully saturated rings. The second-order valence-corrected chi connectivity index (χ2v) is 12.8. The quantitative estimate of drug-likeness (QED) is 0.200. The molecule has 4 rings (SSSR count). The first kappa shape index (κ1) is 34.1. The number of methoxy groups -OCH3 is 2. The van der Waals surface area contributed by atoms with E-state index in [-0.39, 0.29) is 29.5 Å². The minimum absolute atomic E-state index is 0.0758. The van der Waals surface area contributed by atoms with Crippen molar-refractivity contribution >= 4 is 27.5 Å². The molecular weight excluding hydrogens is 602 g/mol. The van der Waals surface area contributed by atoms with Crippen molar-refractivity contribution < 1.29 is 27.5 Å². The van der Waals surface area contributed by atoms with E-state index >= 15 is 0 Å². The number of benzene rings is 4. The molecule has 1 N–H and O–H groups in total. The lowest BCUT2D eigenvalue weighted by Crippen LogP contribution is -2.53. The van der Waals surface area contributed by atoms with E-state index in [1.807, 2.05) is 75.4 Å². The number of hydrogen-bond donors (Lipinski definition) is 1. The van der Waals surface area contributed by atoms with Gasteiger partial charge in [0.2, 0.25) is 11.8 Å². The third kappa shape index (κ3) is 8.25. The Kier molecular flexibility index (Phi) is 11.4. The third-order valence-electron chi connectivity index (χ3n) is 7.64. The fourth-order valence-corrected chi connectivity index (χ4v) is 6.51. The van der Waals surface area contributed by atoms with Crippen LogP contribution < -0.4 is 19.1 Å². The summed E-state index contributed by atoms with van der Waals surface area (Å²) < 4.78 is 40.4. The minimum Gasteiger partial charge on any atom is -0.493 e. The summed E-state index contributed by atoms with van der Waals surface area (Å²) in [5.41, 5.74) is 3.97. The Morgan fingerprint density at radius 3 is 1.98 bits per heavy atom. The number of ether oxygens (including phenoxy) is 2. The second kappa shape index (κ2) is 15.4. The van der Waals surface area contributed by atoms with Crippen molar-refractivity contribution in [2.45, 2.75) is 44.7 Å². The topological polar surface area (TPSA) is 105 Å². The lowest BCUT2D eigenvalue weighted by Gasteiger charge is -2.34. The Morgan fingerprint density at radius 2 is 1.39 bits per heavy atom. The number of nitrogens with zero attached hydrogens (tertiary/aromatic N) is 2. The molecular formula is C36H41N3O6S. The molecule has 0 aliphatic carbocycles. The van der Waals surface area contributed by atoms with Crippen LogP contribution in [0.4, 0.5) is 5.69 Å². The fraction of sp³-hybridized carbons (Fsp3) is 0.278. The summed E-state index contributed by atoms with van der Waals surface area (Å²) in [5.74, 6) is -0.248. The van der Waals surface area contributed by atoms with Crippen LogP contribution in [0.25, 0.3) is 0 Å². The van der Waals surface area contributed by atoms with E-state index < -0.39 is 28.5 Å². The monoisotopic (exact) mass is 643 g/mol. The molecule has 46 heavy (non-hydrogen) atoms. The molecule has 0 saturated carbocycles. The number of aryl methyl sites for hydroxylation is 2. The van der Waals surface area contributed by atoms with Crippen molar-refractivity contribution in [1.29, 1.82) is 0 Å². The van der Waals surface area contributed by atoms with Crippen LogP contribution in [-0.4, -0.2) is 58.5 Å². The number of rotatable bonds is 14. The predicted molar refractivity (Wildman–Crippen MR) is 180 cm³/mol. The van der Waals surface area contributed by atoms with Crippen LogP contribution in [0.1, 0.15) is 29.2 Å². The molecule has 9 nitrogen and oxygen atoms in total. The zero-order valence-electron chi connectivity index (χ0n) is 26.9. The maximum absolute atomic E-state index is 14.5. The van der Waals surface area contributed by atoms with Gasteiger partial charge in [-0.05, 0) is 56.2 Å². The number of nitrogens with one attached hydrogen (secondary N) is 1. The average molecular weight is 644 g/mol. The molecule has 0 aliphatic heterocycles. The normalized spacial score (nSPS) is 11.8. The highest BCUT2D eigenvalue weighted by atomic mass is 32.2. The standard InChI is InChI=1S/C36H41N3O6S/c1-6-37-36(41)32(22-28-10-8-7-9-11-28)38(24-29-16-12-26(2)13-17-29)35(40)25-39(30-18-14-27(3)15-19-30)46(42,43)31-20-21-33(44-4)34(23-31)45-5/h7-21,23,32H,6,22,24-25H2,1-5H3,(H,37,41)/t32-/m0/s1. The molecule has 0 heterocycles. The van der Waals surface area contributed by atoms with Crippen molar-refractivity contribution in [2.75, 3.05) is 31.6 Å². The van der Waals surface area contributed by atoms with Gasteiger partial charge in [0.1, 0.15) is 12.6 Å². The second-order valence-electron chi connectivity index (χ2n) is 11.0. The van der Waals surface area contributed by atoms with Gasteiger partial charge >= 0.3 is 0 Å². The first-order valence-electron chi connectivity index (χ1n) is 15.1. The molecule has 4 aromatic carbocycles. The summed E-state index contributed by atoms with van der Waals surface area (Å²) in [6.45, 7) is 5.62. The molecule has 0 saturated heterocycles. The van der Waals surface area contributed by atoms with Crippen molar-refractivity contribution in [1.82, 2.24) is 10.2 Å². The SMILES string of the molecule is CCNC(=O)[C@H](Cc1ccccc1)N(Cc1ccc(C)cc1)C(=O)CN(c1ccc(C)cc1)S(=O)(=O)c1ccc(OC)c(OC)c1. The van der Waals surface area contributed by atoms with Crippen molar-refractivity contribution in [3.8, 4) is 11.5 Å². The van der Waals surface area contributed by atoms with Gasteiger partial charge in [-0.3, -0.25) is 13.9 Å². The number of sulfonamides is 1. The summed E-state index contributed by atoms with van der Waals surface area (Å²) in [6, 6.07) is 27.4. The minimum atomic E-state index is -4.30. The van der Waals surface area contributed by atoms with E-state index in [2.05, 4.69) is 5.32 Å². The highest BCUT2D eigenvalue weighted by Crippen LogP contribution is 2.32. The Morgan fingerprint density at radius 1 is 0.783 bits per heavy atom. The highest BCUT2D eigenvalue weighted by Gasteiger charge is 2.35. The van der Waals surface area contributed by atoms with Gasteiger partial charge in [0.25, 0.3) is 10.0 Å². The number of carbonyl (C=O) groups excluding carboxylic acids is 2. The van der Waals surface area contributed by atoms with Crippen LogP contribution in [0.15, 0.2) is 102 Å². The van der Waals surface area contributed by atoms with E-state index in [9.17, 15) is 18.0 Å². The van der Waals surface area contributed by atoms with Gasteiger partial charge in [0.05, 0.1) is 24.8 Å². The zero-order chi connectivity index (χ0) is 33.3. The van der Waals surface area contributed by atoms with Gasteiger partial charge in [-0.25, -0.2) is 8.42 Å². The molecule has 0 unspecified atom stereocenters. The van der Waals surface area contributed by atoms with Crippen LogP contribution in [0.3, 0.4) is 0 Å². The smallest absolute Gasteiger partial charge is 0.264 e. The van der Waals surface area contributed by atoms with E-state index in [0.29, 0.717) is 18.0 Å². The van der Waals surface area contributed by atoms with Crippen LogP contribution in [0.2, 0.25) is 0 Å². The van der Waals surface area contributed by atoms with Crippen molar-refractivity contribution in [3.63, 3.8) is 0 Å².